The van der Waals surface area contributed by atoms with Crippen LogP contribution in [0.4, 0.5) is 5.69 Å². The molecule has 2 aromatic rings. The number of terminal acetylenes is 1. The molecule has 3 amide bonds. The average molecular weight is 466 g/mol. The topological polar surface area (TPSA) is 135 Å². The third-order valence-corrected chi connectivity index (χ3v) is 5.49. The van der Waals surface area contributed by atoms with Gasteiger partial charge in [0.25, 0.3) is 11.5 Å². The molecular formula is C24H27N5O5. The van der Waals surface area contributed by atoms with Crippen molar-refractivity contribution < 1.29 is 18.9 Å². The van der Waals surface area contributed by atoms with Crippen LogP contribution in [0.1, 0.15) is 48.5 Å². The lowest BCUT2D eigenvalue weighted by atomic mass is 9.97. The van der Waals surface area contributed by atoms with E-state index in [1.54, 1.807) is 19.1 Å². The van der Waals surface area contributed by atoms with Crippen LogP contribution < -0.4 is 21.5 Å². The molecule has 34 heavy (non-hydrogen) atoms. The molecule has 10 nitrogen and oxygen atoms in total. The van der Waals surface area contributed by atoms with Crippen LogP contribution in [0.3, 0.4) is 0 Å². The van der Waals surface area contributed by atoms with Gasteiger partial charge in [-0.25, -0.2) is 0 Å². The number of allylic oxidation sites excluding steroid dienone is 1. The Labute approximate surface area is 196 Å². The van der Waals surface area contributed by atoms with Crippen molar-refractivity contribution in [1.82, 2.24) is 20.4 Å². The van der Waals surface area contributed by atoms with Crippen LogP contribution in [0.15, 0.2) is 45.9 Å². The summed E-state index contributed by atoms with van der Waals surface area (Å²) in [5.41, 5.74) is -0.602. The number of nitrogens with one attached hydrogen (secondary N) is 3. The Kier molecular flexibility index (Phi) is 8.03. The zero-order valence-electron chi connectivity index (χ0n) is 19.0. The molecule has 3 heterocycles. The van der Waals surface area contributed by atoms with Crippen LogP contribution in [-0.2, 0) is 9.59 Å². The number of aromatic nitrogens is 2. The fraction of sp³-hybridized carbons (Fsp3) is 0.375. The monoisotopic (exact) mass is 465 g/mol. The Morgan fingerprint density at radius 3 is 2.85 bits per heavy atom. The number of carbonyl (C=O) groups is 3. The van der Waals surface area contributed by atoms with Crippen LogP contribution in [0.5, 0.6) is 0 Å². The van der Waals surface area contributed by atoms with Crippen molar-refractivity contribution >= 4 is 23.4 Å². The minimum absolute atomic E-state index is 0.0235. The van der Waals surface area contributed by atoms with E-state index < -0.39 is 29.5 Å². The number of anilines is 1. The van der Waals surface area contributed by atoms with Gasteiger partial charge in [0, 0.05) is 37.2 Å². The van der Waals surface area contributed by atoms with E-state index in [0.29, 0.717) is 25.1 Å². The summed E-state index contributed by atoms with van der Waals surface area (Å²) >= 11 is 0. The molecule has 0 bridgehead atoms. The minimum Gasteiger partial charge on any atom is -0.361 e. The van der Waals surface area contributed by atoms with Gasteiger partial charge in [-0.05, 0) is 38.8 Å². The molecule has 1 aliphatic rings. The molecule has 0 aromatic carbocycles. The van der Waals surface area contributed by atoms with E-state index >= 15 is 0 Å². The van der Waals surface area contributed by atoms with Gasteiger partial charge in [-0.3, -0.25) is 19.2 Å². The zero-order valence-corrected chi connectivity index (χ0v) is 19.0. The van der Waals surface area contributed by atoms with E-state index in [4.69, 9.17) is 10.9 Å². The van der Waals surface area contributed by atoms with Crippen LogP contribution >= 0.6 is 0 Å². The summed E-state index contributed by atoms with van der Waals surface area (Å²) in [5.74, 6) is 1.57. The average Bonchev–Trinajstić information content (AvgIpc) is 3.42. The molecule has 1 aliphatic heterocycles. The molecule has 10 heteroatoms. The number of amides is 3. The van der Waals surface area contributed by atoms with E-state index in [-0.39, 0.29) is 29.6 Å². The second-order valence-electron chi connectivity index (χ2n) is 7.99. The Hall–Kier alpha value is -4.13. The number of rotatable bonds is 9. The van der Waals surface area contributed by atoms with E-state index in [1.165, 1.54) is 29.0 Å². The molecule has 0 aliphatic carbocycles. The summed E-state index contributed by atoms with van der Waals surface area (Å²) in [6, 6.07) is 3.00. The van der Waals surface area contributed by atoms with Crippen LogP contribution in [0.2, 0.25) is 0 Å². The number of hydrogen-bond donors (Lipinski definition) is 3. The summed E-state index contributed by atoms with van der Waals surface area (Å²) in [6.45, 7) is 4.07. The Morgan fingerprint density at radius 2 is 2.24 bits per heavy atom. The zero-order chi connectivity index (χ0) is 24.7. The van der Waals surface area contributed by atoms with Gasteiger partial charge in [0.05, 0.1) is 0 Å². The molecule has 0 spiro atoms. The lowest BCUT2D eigenvalue weighted by Crippen LogP contribution is -2.43. The molecule has 1 saturated heterocycles. The summed E-state index contributed by atoms with van der Waals surface area (Å²) < 4.78 is 6.08. The van der Waals surface area contributed by atoms with Crippen molar-refractivity contribution in [2.45, 2.75) is 45.2 Å². The van der Waals surface area contributed by atoms with Crippen LogP contribution in [-0.4, -0.2) is 40.0 Å². The highest BCUT2D eigenvalue weighted by Crippen LogP contribution is 2.18. The van der Waals surface area contributed by atoms with Gasteiger partial charge in [0.1, 0.15) is 17.5 Å². The van der Waals surface area contributed by atoms with Gasteiger partial charge in [0.15, 0.2) is 5.69 Å². The first-order chi connectivity index (χ1) is 16.3. The first-order valence-corrected chi connectivity index (χ1v) is 10.9. The predicted molar refractivity (Wildman–Crippen MR) is 125 cm³/mol. The summed E-state index contributed by atoms with van der Waals surface area (Å²) in [6.07, 6.45) is 11.6. The van der Waals surface area contributed by atoms with E-state index in [1.807, 2.05) is 6.92 Å². The molecule has 178 valence electrons. The number of carbonyl (C=O) groups excluding carboxylic acids is 3. The molecule has 3 N–H and O–H groups in total. The number of hydrogen-bond acceptors (Lipinski definition) is 6. The maximum absolute atomic E-state index is 13.2. The maximum atomic E-state index is 13.2. The summed E-state index contributed by atoms with van der Waals surface area (Å²) in [4.78, 5) is 50.6. The van der Waals surface area contributed by atoms with Crippen molar-refractivity contribution in [3.05, 3.63) is 58.4 Å². The highest BCUT2D eigenvalue weighted by atomic mass is 16.5. The van der Waals surface area contributed by atoms with Gasteiger partial charge in [-0.1, -0.05) is 17.3 Å². The second kappa shape index (κ2) is 11.1. The molecule has 1 unspecified atom stereocenters. The highest BCUT2D eigenvalue weighted by Gasteiger charge is 2.29. The van der Waals surface area contributed by atoms with Gasteiger partial charge in [0.2, 0.25) is 11.8 Å². The lowest BCUT2D eigenvalue weighted by molar-refractivity contribution is -0.126. The maximum Gasteiger partial charge on any atom is 0.278 e. The molecule has 0 radical (unpaired) electrons. The fourth-order valence-corrected chi connectivity index (χ4v) is 3.81. The molecule has 3 rings (SSSR count). The molecular weight excluding hydrogens is 438 g/mol. The first kappa shape index (κ1) is 24.5. The smallest absolute Gasteiger partial charge is 0.278 e. The Morgan fingerprint density at radius 1 is 1.44 bits per heavy atom. The highest BCUT2D eigenvalue weighted by molar-refractivity contribution is 6.02. The molecule has 3 atom stereocenters. The largest absolute Gasteiger partial charge is 0.361 e. The van der Waals surface area contributed by atoms with Crippen molar-refractivity contribution in [1.29, 1.82) is 0 Å². The van der Waals surface area contributed by atoms with Crippen LogP contribution in [0, 0.1) is 25.2 Å². The standard InChI is InChI=1S/C24H27N5O5/c1-4-7-17(14-16-10-11-25-21(16)30)26-23(32)20(8-5-2)29-12-6-9-18(24(29)33)27-22(31)19-13-15(3)34-28-19/h2,4,6-7,9,12-13,16-17,20H,8,10-11,14H2,1,3H3,(H,25,30)(H,26,32)(H,27,31)/b7-4+/t16?,17-,20+/m1/s1. The van der Waals surface area contributed by atoms with Gasteiger partial charge < -0.3 is 25.0 Å². The first-order valence-electron chi connectivity index (χ1n) is 10.9. The number of nitrogens with zero attached hydrogens (tertiary/aromatic N) is 2. The Bertz CT molecular complexity index is 1190. The minimum atomic E-state index is -1.01. The predicted octanol–water partition coefficient (Wildman–Crippen LogP) is 1.55. The summed E-state index contributed by atoms with van der Waals surface area (Å²) in [7, 11) is 0. The molecule has 2 aromatic heterocycles. The van der Waals surface area contributed by atoms with Gasteiger partial charge in [-0.2, -0.15) is 0 Å². The third kappa shape index (κ3) is 5.81. The summed E-state index contributed by atoms with van der Waals surface area (Å²) in [5, 5.41) is 11.8. The Balaban J connectivity index is 1.80. The number of pyridine rings is 1. The number of aryl methyl sites for hydroxylation is 1. The van der Waals surface area contributed by atoms with Crippen LogP contribution in [0.25, 0.3) is 0 Å². The van der Waals surface area contributed by atoms with Gasteiger partial charge >= 0.3 is 0 Å². The van der Waals surface area contributed by atoms with Crippen molar-refractivity contribution in [2.24, 2.45) is 5.92 Å². The lowest BCUT2D eigenvalue weighted by Gasteiger charge is -2.23. The second-order valence-corrected chi connectivity index (χ2v) is 7.99. The van der Waals surface area contributed by atoms with Crippen molar-refractivity contribution in [3.8, 4) is 12.3 Å². The third-order valence-electron chi connectivity index (χ3n) is 5.49. The van der Waals surface area contributed by atoms with E-state index in [2.05, 4.69) is 27.0 Å². The normalized spacial score (nSPS) is 17.1. The SMILES string of the molecule is C#CC[C@@H](C(=O)N[C@H](/C=C/C)CC1CCNC1=O)n1cccc(NC(=O)c2cc(C)on2)c1=O. The quantitative estimate of drug-likeness (QED) is 0.380. The van der Waals surface area contributed by atoms with E-state index in [0.717, 1.165) is 0 Å². The molecule has 0 saturated carbocycles. The molecule has 1 fully saturated rings. The van der Waals surface area contributed by atoms with Crippen molar-refractivity contribution in [3.63, 3.8) is 0 Å². The van der Waals surface area contributed by atoms with Gasteiger partial charge in [-0.15, -0.1) is 12.3 Å². The van der Waals surface area contributed by atoms with Crippen molar-refractivity contribution in [2.75, 3.05) is 11.9 Å². The van der Waals surface area contributed by atoms with E-state index in [9.17, 15) is 19.2 Å². The fourth-order valence-electron chi connectivity index (χ4n) is 3.81.